The zero-order valence-corrected chi connectivity index (χ0v) is 14.2. The number of carbonyl (C=O) groups excluding carboxylic acids is 1. The summed E-state index contributed by atoms with van der Waals surface area (Å²) in [6.07, 6.45) is 0. The Balaban J connectivity index is 2.22. The number of aromatic nitrogens is 2. The summed E-state index contributed by atoms with van der Waals surface area (Å²) in [6, 6.07) is 9.15. The third-order valence-electron chi connectivity index (χ3n) is 3.17. The van der Waals surface area contributed by atoms with Crippen LogP contribution in [0.5, 0.6) is 0 Å². The zero-order chi connectivity index (χ0) is 16.3. The van der Waals surface area contributed by atoms with Crippen LogP contribution in [0.1, 0.15) is 16.8 Å². The van der Waals surface area contributed by atoms with Crippen molar-refractivity contribution in [1.82, 2.24) is 9.78 Å². The average molecular weight is 408 g/mol. The summed E-state index contributed by atoms with van der Waals surface area (Å²) >= 11 is 2.17. The number of hydrogen-bond donors (Lipinski definition) is 1. The number of nitriles is 1. The first-order valence-corrected chi connectivity index (χ1v) is 7.54. The van der Waals surface area contributed by atoms with Crippen LogP contribution in [0.25, 0.3) is 0 Å². The quantitative estimate of drug-likeness (QED) is 0.787. The highest BCUT2D eigenvalue weighted by molar-refractivity contribution is 14.1. The predicted molar refractivity (Wildman–Crippen MR) is 90.5 cm³/mol. The minimum Gasteiger partial charge on any atom is -0.324 e. The van der Waals surface area contributed by atoms with Gasteiger partial charge in [-0.3, -0.25) is 9.59 Å². The fourth-order valence-corrected chi connectivity index (χ4v) is 2.24. The van der Waals surface area contributed by atoms with Crippen LogP contribution >= 0.6 is 22.6 Å². The molecule has 2 rings (SSSR count). The van der Waals surface area contributed by atoms with E-state index in [1.807, 2.05) is 18.2 Å². The van der Waals surface area contributed by atoms with Crippen LogP contribution in [0.4, 0.5) is 5.69 Å². The molecule has 0 spiro atoms. The average Bonchev–Trinajstić information content (AvgIpc) is 2.48. The number of hydrogen-bond acceptors (Lipinski definition) is 4. The summed E-state index contributed by atoms with van der Waals surface area (Å²) in [6.45, 7) is 3.13. The van der Waals surface area contributed by atoms with Crippen LogP contribution in [0.3, 0.4) is 0 Å². The molecule has 7 heteroatoms. The molecule has 2 aromatic rings. The van der Waals surface area contributed by atoms with Gasteiger partial charge >= 0.3 is 0 Å². The molecule has 0 aliphatic heterocycles. The van der Waals surface area contributed by atoms with Gasteiger partial charge in [-0.1, -0.05) is 0 Å². The van der Waals surface area contributed by atoms with Crippen molar-refractivity contribution in [2.75, 3.05) is 5.32 Å². The molecule has 1 aromatic heterocycles. The first kappa shape index (κ1) is 16.2. The number of anilines is 1. The lowest BCUT2D eigenvalue weighted by molar-refractivity contribution is -0.117. The Kier molecular flexibility index (Phi) is 4.92. The highest BCUT2D eigenvalue weighted by Gasteiger charge is 2.13. The number of carbonyl (C=O) groups is 1. The maximum absolute atomic E-state index is 12.1. The van der Waals surface area contributed by atoms with Crippen molar-refractivity contribution >= 4 is 34.2 Å². The standard InChI is InChI=1S/C15H13IN4O2/c1-9-10(2)19-20(15(22)13(9)7-17)8-14(21)18-12-5-3-11(16)4-6-12/h3-6H,8H2,1-2H3,(H,18,21). The minimum atomic E-state index is -0.552. The second-order valence-corrected chi connectivity index (χ2v) is 5.96. The molecule has 1 N–H and O–H groups in total. The van der Waals surface area contributed by atoms with Gasteiger partial charge in [0.2, 0.25) is 5.91 Å². The topological polar surface area (TPSA) is 87.8 Å². The Morgan fingerprint density at radius 2 is 2.00 bits per heavy atom. The highest BCUT2D eigenvalue weighted by Crippen LogP contribution is 2.11. The van der Waals surface area contributed by atoms with Gasteiger partial charge in [0.05, 0.1) is 5.69 Å². The number of halogens is 1. The van der Waals surface area contributed by atoms with Gasteiger partial charge in [-0.25, -0.2) is 4.68 Å². The molecule has 112 valence electrons. The van der Waals surface area contributed by atoms with Crippen molar-refractivity contribution < 1.29 is 4.79 Å². The van der Waals surface area contributed by atoms with E-state index < -0.39 is 5.56 Å². The van der Waals surface area contributed by atoms with Gasteiger partial charge in [0.25, 0.3) is 5.56 Å². The van der Waals surface area contributed by atoms with Crippen molar-refractivity contribution in [3.05, 3.63) is 55.0 Å². The van der Waals surface area contributed by atoms with Gasteiger partial charge < -0.3 is 5.32 Å². The lowest BCUT2D eigenvalue weighted by Gasteiger charge is -2.09. The van der Waals surface area contributed by atoms with E-state index in [9.17, 15) is 9.59 Å². The van der Waals surface area contributed by atoms with Gasteiger partial charge in [-0.2, -0.15) is 10.4 Å². The lowest BCUT2D eigenvalue weighted by atomic mass is 10.1. The molecule has 1 heterocycles. The predicted octanol–water partition coefficient (Wildman–Crippen LogP) is 1.98. The molecule has 0 fully saturated rings. The largest absolute Gasteiger partial charge is 0.324 e. The van der Waals surface area contributed by atoms with Crippen LogP contribution in [-0.2, 0) is 11.3 Å². The lowest BCUT2D eigenvalue weighted by Crippen LogP contribution is -2.32. The summed E-state index contributed by atoms with van der Waals surface area (Å²) in [5.74, 6) is -0.372. The third-order valence-corrected chi connectivity index (χ3v) is 3.89. The third kappa shape index (κ3) is 3.51. The molecule has 0 aliphatic carbocycles. The zero-order valence-electron chi connectivity index (χ0n) is 12.1. The van der Waals surface area contributed by atoms with Crippen LogP contribution in [0, 0.1) is 28.7 Å². The van der Waals surface area contributed by atoms with E-state index >= 15 is 0 Å². The minimum absolute atomic E-state index is 0.0227. The molecule has 22 heavy (non-hydrogen) atoms. The Morgan fingerprint density at radius 1 is 1.36 bits per heavy atom. The van der Waals surface area contributed by atoms with E-state index in [4.69, 9.17) is 5.26 Å². The highest BCUT2D eigenvalue weighted by atomic mass is 127. The number of benzene rings is 1. The fraction of sp³-hybridized carbons (Fsp3) is 0.200. The second-order valence-electron chi connectivity index (χ2n) is 4.72. The maximum Gasteiger partial charge on any atom is 0.285 e. The molecule has 1 amide bonds. The van der Waals surface area contributed by atoms with Gasteiger partial charge in [-0.05, 0) is 66.3 Å². The molecule has 0 unspecified atom stereocenters. The van der Waals surface area contributed by atoms with Crippen molar-refractivity contribution in [1.29, 1.82) is 5.26 Å². The van der Waals surface area contributed by atoms with E-state index in [2.05, 4.69) is 33.0 Å². The molecule has 0 saturated carbocycles. The first-order valence-electron chi connectivity index (χ1n) is 6.46. The first-order chi connectivity index (χ1) is 10.4. The van der Waals surface area contributed by atoms with Crippen molar-refractivity contribution in [3.8, 4) is 6.07 Å². The second kappa shape index (κ2) is 6.70. The maximum atomic E-state index is 12.1. The number of rotatable bonds is 3. The smallest absolute Gasteiger partial charge is 0.285 e. The number of amides is 1. The Morgan fingerprint density at radius 3 is 2.59 bits per heavy atom. The molecular weight excluding hydrogens is 395 g/mol. The van der Waals surface area contributed by atoms with Crippen molar-refractivity contribution in [2.24, 2.45) is 0 Å². The van der Waals surface area contributed by atoms with E-state index in [1.165, 1.54) is 0 Å². The molecule has 0 atom stereocenters. The Bertz CT molecular complexity index is 819. The van der Waals surface area contributed by atoms with Crippen LogP contribution < -0.4 is 10.9 Å². The SMILES string of the molecule is Cc1nn(CC(=O)Nc2ccc(I)cc2)c(=O)c(C#N)c1C. The molecule has 0 radical (unpaired) electrons. The Hall–Kier alpha value is -2.21. The molecule has 6 nitrogen and oxygen atoms in total. The van der Waals surface area contributed by atoms with Gasteiger partial charge in [-0.15, -0.1) is 0 Å². The van der Waals surface area contributed by atoms with E-state index in [1.54, 1.807) is 26.0 Å². The van der Waals surface area contributed by atoms with Crippen LogP contribution in [-0.4, -0.2) is 15.7 Å². The summed E-state index contributed by atoms with van der Waals surface area (Å²) in [5, 5.41) is 15.8. The summed E-state index contributed by atoms with van der Waals surface area (Å²) < 4.78 is 2.07. The van der Waals surface area contributed by atoms with E-state index in [0.717, 1.165) is 8.25 Å². The normalized spacial score (nSPS) is 10.1. The van der Waals surface area contributed by atoms with Gasteiger partial charge in [0, 0.05) is 9.26 Å². The summed E-state index contributed by atoms with van der Waals surface area (Å²) in [7, 11) is 0. The van der Waals surface area contributed by atoms with E-state index in [-0.39, 0.29) is 18.0 Å². The molecule has 0 aliphatic rings. The molecule has 1 aromatic carbocycles. The monoisotopic (exact) mass is 408 g/mol. The fourth-order valence-electron chi connectivity index (χ4n) is 1.88. The summed E-state index contributed by atoms with van der Waals surface area (Å²) in [4.78, 5) is 24.1. The van der Waals surface area contributed by atoms with Crippen LogP contribution in [0.2, 0.25) is 0 Å². The summed E-state index contributed by atoms with van der Waals surface area (Å²) in [5.41, 5.74) is 1.21. The molecule has 0 saturated heterocycles. The number of nitrogens with one attached hydrogen (secondary N) is 1. The van der Waals surface area contributed by atoms with Crippen molar-refractivity contribution in [3.63, 3.8) is 0 Å². The number of aryl methyl sites for hydroxylation is 1. The Labute approximate surface area is 140 Å². The number of nitrogens with zero attached hydrogens (tertiary/aromatic N) is 3. The van der Waals surface area contributed by atoms with E-state index in [0.29, 0.717) is 16.9 Å². The molecule has 0 bridgehead atoms. The van der Waals surface area contributed by atoms with Gasteiger partial charge in [0.1, 0.15) is 18.2 Å². The van der Waals surface area contributed by atoms with Gasteiger partial charge in [0.15, 0.2) is 0 Å². The van der Waals surface area contributed by atoms with Crippen LogP contribution in [0.15, 0.2) is 29.1 Å². The van der Waals surface area contributed by atoms with Crippen molar-refractivity contribution in [2.45, 2.75) is 20.4 Å². The molecular formula is C15H13IN4O2.